The summed E-state index contributed by atoms with van der Waals surface area (Å²) in [5, 5.41) is 7.04. The molecular weight excluding hydrogens is 234 g/mol. The van der Waals surface area contributed by atoms with Gasteiger partial charge in [-0.1, -0.05) is 17.3 Å². The number of fused-ring (bicyclic) bond motifs is 1. The molecule has 0 bridgehead atoms. The van der Waals surface area contributed by atoms with Gasteiger partial charge in [-0.2, -0.15) is 0 Å². The Morgan fingerprint density at radius 3 is 3.00 bits per heavy atom. The van der Waals surface area contributed by atoms with Gasteiger partial charge in [0.2, 0.25) is 0 Å². The van der Waals surface area contributed by atoms with E-state index in [2.05, 4.69) is 14.9 Å². The minimum absolute atomic E-state index is 0.0206. The van der Waals surface area contributed by atoms with Gasteiger partial charge in [-0.3, -0.25) is 4.79 Å². The van der Waals surface area contributed by atoms with E-state index < -0.39 is 0 Å². The Labute approximate surface area is 103 Å². The molecule has 0 spiro atoms. The zero-order chi connectivity index (χ0) is 11.7. The molecule has 1 heterocycles. The van der Waals surface area contributed by atoms with E-state index in [-0.39, 0.29) is 5.91 Å². The maximum atomic E-state index is 12.0. The molecule has 0 unspecified atom stereocenters. The number of nitrogens with one attached hydrogen (secondary N) is 1. The lowest BCUT2D eigenvalue weighted by atomic mass is 10.1. The number of benzene rings is 1. The lowest BCUT2D eigenvalue weighted by molar-refractivity contribution is 0.0938. The molecule has 1 aliphatic rings. The Balaban J connectivity index is 1.79. The number of carbonyl (C=O) groups excluding carboxylic acids is 1. The standard InChI is InChI=1S/C12H13N3OS/c16-12(13-9-3-1-2-4-9)8-5-6-10-11(7-8)17-15-14-10/h5-7,9H,1-4H2,(H,13,16). The van der Waals surface area contributed by atoms with Crippen LogP contribution in [0, 0.1) is 0 Å². The highest BCUT2D eigenvalue weighted by molar-refractivity contribution is 7.12. The van der Waals surface area contributed by atoms with Crippen molar-refractivity contribution >= 4 is 27.7 Å². The summed E-state index contributed by atoms with van der Waals surface area (Å²) in [5.74, 6) is 0.0206. The van der Waals surface area contributed by atoms with Gasteiger partial charge in [0.15, 0.2) is 0 Å². The molecule has 0 saturated heterocycles. The topological polar surface area (TPSA) is 54.9 Å². The van der Waals surface area contributed by atoms with Crippen LogP contribution >= 0.6 is 11.5 Å². The lowest BCUT2D eigenvalue weighted by Gasteiger charge is -2.11. The van der Waals surface area contributed by atoms with Crippen LogP contribution in [0.1, 0.15) is 36.0 Å². The molecule has 1 aromatic carbocycles. The van der Waals surface area contributed by atoms with Crippen molar-refractivity contribution in [1.82, 2.24) is 14.9 Å². The first-order valence-electron chi connectivity index (χ1n) is 5.86. The smallest absolute Gasteiger partial charge is 0.251 e. The van der Waals surface area contributed by atoms with E-state index >= 15 is 0 Å². The summed E-state index contributed by atoms with van der Waals surface area (Å²) in [4.78, 5) is 12.0. The van der Waals surface area contributed by atoms with Crippen molar-refractivity contribution in [3.8, 4) is 0 Å². The first-order chi connectivity index (χ1) is 8.33. The van der Waals surface area contributed by atoms with Gasteiger partial charge in [-0.15, -0.1) is 5.10 Å². The average Bonchev–Trinajstić information content (AvgIpc) is 2.97. The molecule has 1 aliphatic carbocycles. The molecule has 88 valence electrons. The predicted octanol–water partition coefficient (Wildman–Crippen LogP) is 2.36. The second kappa shape index (κ2) is 4.41. The fourth-order valence-electron chi connectivity index (χ4n) is 2.26. The average molecular weight is 247 g/mol. The van der Waals surface area contributed by atoms with Gasteiger partial charge in [0, 0.05) is 11.6 Å². The SMILES string of the molecule is O=C(NC1CCCC1)c1ccc2nnsc2c1. The minimum atomic E-state index is 0.0206. The molecule has 5 heteroatoms. The molecule has 2 aromatic rings. The molecule has 17 heavy (non-hydrogen) atoms. The van der Waals surface area contributed by atoms with Crippen molar-refractivity contribution < 1.29 is 4.79 Å². The van der Waals surface area contributed by atoms with Crippen LogP contribution in [0.2, 0.25) is 0 Å². The number of carbonyl (C=O) groups is 1. The summed E-state index contributed by atoms with van der Waals surface area (Å²) in [7, 11) is 0. The van der Waals surface area contributed by atoms with Crippen LogP contribution in [-0.4, -0.2) is 21.5 Å². The number of amides is 1. The van der Waals surface area contributed by atoms with E-state index in [0.717, 1.165) is 23.1 Å². The second-order valence-electron chi connectivity index (χ2n) is 4.41. The minimum Gasteiger partial charge on any atom is -0.349 e. The van der Waals surface area contributed by atoms with Gasteiger partial charge in [0.1, 0.15) is 5.52 Å². The number of hydrogen-bond donors (Lipinski definition) is 1. The largest absolute Gasteiger partial charge is 0.349 e. The Morgan fingerprint density at radius 2 is 2.18 bits per heavy atom. The molecule has 1 saturated carbocycles. The first-order valence-corrected chi connectivity index (χ1v) is 6.63. The normalized spacial score (nSPS) is 16.5. The van der Waals surface area contributed by atoms with Crippen molar-refractivity contribution in [2.75, 3.05) is 0 Å². The highest BCUT2D eigenvalue weighted by atomic mass is 32.1. The molecule has 1 aromatic heterocycles. The zero-order valence-corrected chi connectivity index (χ0v) is 10.2. The van der Waals surface area contributed by atoms with E-state index in [4.69, 9.17) is 0 Å². The van der Waals surface area contributed by atoms with E-state index in [9.17, 15) is 4.79 Å². The van der Waals surface area contributed by atoms with Crippen LogP contribution in [0.5, 0.6) is 0 Å². The summed E-state index contributed by atoms with van der Waals surface area (Å²) in [6, 6.07) is 5.89. The molecular formula is C12H13N3OS. The fraction of sp³-hybridized carbons (Fsp3) is 0.417. The second-order valence-corrected chi connectivity index (χ2v) is 5.20. The van der Waals surface area contributed by atoms with Gasteiger partial charge in [-0.25, -0.2) is 0 Å². The van der Waals surface area contributed by atoms with E-state index in [1.165, 1.54) is 24.4 Å². The molecule has 0 aliphatic heterocycles. The van der Waals surface area contributed by atoms with E-state index in [1.807, 2.05) is 18.2 Å². The van der Waals surface area contributed by atoms with Gasteiger partial charge < -0.3 is 5.32 Å². The Hall–Kier alpha value is -1.49. The van der Waals surface area contributed by atoms with Crippen molar-refractivity contribution in [3.63, 3.8) is 0 Å². The molecule has 0 radical (unpaired) electrons. The highest BCUT2D eigenvalue weighted by Gasteiger charge is 2.18. The maximum absolute atomic E-state index is 12.0. The highest BCUT2D eigenvalue weighted by Crippen LogP contribution is 2.20. The fourth-order valence-corrected chi connectivity index (χ4v) is 2.86. The molecule has 1 amide bonds. The number of rotatable bonds is 2. The summed E-state index contributed by atoms with van der Waals surface area (Å²) in [6.45, 7) is 0. The maximum Gasteiger partial charge on any atom is 0.251 e. The third kappa shape index (κ3) is 2.15. The van der Waals surface area contributed by atoms with Crippen molar-refractivity contribution in [1.29, 1.82) is 0 Å². The van der Waals surface area contributed by atoms with Gasteiger partial charge in [0.05, 0.1) is 4.70 Å². The lowest BCUT2D eigenvalue weighted by Crippen LogP contribution is -2.32. The molecule has 4 nitrogen and oxygen atoms in total. The summed E-state index contributed by atoms with van der Waals surface area (Å²) in [6.07, 6.45) is 4.66. The molecule has 1 fully saturated rings. The van der Waals surface area contributed by atoms with E-state index in [0.29, 0.717) is 11.6 Å². The van der Waals surface area contributed by atoms with Gasteiger partial charge >= 0.3 is 0 Å². The zero-order valence-electron chi connectivity index (χ0n) is 9.35. The molecule has 0 atom stereocenters. The van der Waals surface area contributed by atoms with Crippen molar-refractivity contribution in [2.24, 2.45) is 0 Å². The number of nitrogens with zero attached hydrogens (tertiary/aromatic N) is 2. The predicted molar refractivity (Wildman–Crippen MR) is 67.1 cm³/mol. The monoisotopic (exact) mass is 247 g/mol. The summed E-state index contributed by atoms with van der Waals surface area (Å²) >= 11 is 1.32. The van der Waals surface area contributed by atoms with Crippen LogP contribution in [0.3, 0.4) is 0 Å². The summed E-state index contributed by atoms with van der Waals surface area (Å²) in [5.41, 5.74) is 1.56. The molecule has 3 rings (SSSR count). The van der Waals surface area contributed by atoms with Crippen LogP contribution in [0.15, 0.2) is 18.2 Å². The van der Waals surface area contributed by atoms with Crippen LogP contribution in [-0.2, 0) is 0 Å². The van der Waals surface area contributed by atoms with Gasteiger partial charge in [0.25, 0.3) is 5.91 Å². The van der Waals surface area contributed by atoms with Crippen LogP contribution in [0.4, 0.5) is 0 Å². The number of hydrogen-bond acceptors (Lipinski definition) is 4. The van der Waals surface area contributed by atoms with Crippen LogP contribution in [0.25, 0.3) is 10.2 Å². The number of aromatic nitrogens is 2. The Bertz CT molecular complexity index is 545. The Kier molecular flexibility index (Phi) is 2.76. The summed E-state index contributed by atoms with van der Waals surface area (Å²) < 4.78 is 4.83. The van der Waals surface area contributed by atoms with E-state index in [1.54, 1.807) is 0 Å². The van der Waals surface area contributed by atoms with Crippen molar-refractivity contribution in [2.45, 2.75) is 31.7 Å². The van der Waals surface area contributed by atoms with Crippen molar-refractivity contribution in [3.05, 3.63) is 23.8 Å². The first kappa shape index (κ1) is 10.7. The Morgan fingerprint density at radius 1 is 1.35 bits per heavy atom. The van der Waals surface area contributed by atoms with Gasteiger partial charge in [-0.05, 0) is 42.6 Å². The van der Waals surface area contributed by atoms with Crippen LogP contribution < -0.4 is 5.32 Å². The third-order valence-corrected chi connectivity index (χ3v) is 3.89. The third-order valence-electron chi connectivity index (χ3n) is 3.20. The quantitative estimate of drug-likeness (QED) is 0.886. The molecule has 1 N–H and O–H groups in total.